The molecule has 3 heterocycles. The second-order valence-corrected chi connectivity index (χ2v) is 7.33. The van der Waals surface area contributed by atoms with Gasteiger partial charge in [0.1, 0.15) is 5.65 Å². The van der Waals surface area contributed by atoms with Crippen LogP contribution in [0.5, 0.6) is 5.75 Å². The third kappa shape index (κ3) is 4.29. The van der Waals surface area contributed by atoms with Crippen molar-refractivity contribution in [1.29, 1.82) is 0 Å². The first-order valence-corrected chi connectivity index (χ1v) is 9.84. The first kappa shape index (κ1) is 19.1. The molecule has 4 aromatic rings. The summed E-state index contributed by atoms with van der Waals surface area (Å²) in [7, 11) is 0. The molecule has 0 saturated carbocycles. The van der Waals surface area contributed by atoms with Crippen LogP contribution in [-0.4, -0.2) is 19.6 Å². The van der Waals surface area contributed by atoms with Crippen LogP contribution >= 0.6 is 11.8 Å². The van der Waals surface area contributed by atoms with Gasteiger partial charge in [-0.15, -0.1) is 10.2 Å². The molecule has 0 spiro atoms. The lowest BCUT2D eigenvalue weighted by atomic mass is 10.3. The third-order valence-corrected chi connectivity index (χ3v) is 4.97. The van der Waals surface area contributed by atoms with Crippen LogP contribution in [0.2, 0.25) is 0 Å². The highest BCUT2D eigenvalue weighted by Crippen LogP contribution is 2.26. The first-order chi connectivity index (χ1) is 14.0. The molecule has 4 rings (SSSR count). The minimum Gasteiger partial charge on any atom is -0.478 e. The molecule has 0 fully saturated rings. The van der Waals surface area contributed by atoms with Gasteiger partial charge in [-0.25, -0.2) is 9.37 Å². The number of pyridine rings is 1. The van der Waals surface area contributed by atoms with Crippen LogP contribution in [0.4, 0.5) is 4.39 Å². The molecular weight excluding hydrogens is 395 g/mol. The van der Waals surface area contributed by atoms with Gasteiger partial charge in [0.25, 0.3) is 16.7 Å². The molecule has 29 heavy (non-hydrogen) atoms. The molecule has 3 aromatic heterocycles. The van der Waals surface area contributed by atoms with Gasteiger partial charge in [-0.3, -0.25) is 9.20 Å². The van der Waals surface area contributed by atoms with Gasteiger partial charge in [0.2, 0.25) is 0 Å². The lowest BCUT2D eigenvalue weighted by Crippen LogP contribution is -2.15. The van der Waals surface area contributed by atoms with E-state index < -0.39 is 11.9 Å². The van der Waals surface area contributed by atoms with Crippen LogP contribution in [0.1, 0.15) is 30.2 Å². The van der Waals surface area contributed by atoms with Crippen LogP contribution in [0.15, 0.2) is 63.1 Å². The smallest absolute Gasteiger partial charge is 0.277 e. The fraction of sp³-hybridized carbons (Fsp3) is 0.200. The average molecular weight is 412 g/mol. The normalized spacial score (nSPS) is 12.2. The highest BCUT2D eigenvalue weighted by Gasteiger charge is 2.18. The highest BCUT2D eigenvalue weighted by atomic mass is 32.2. The Bertz CT molecular complexity index is 1220. The topological polar surface area (TPSA) is 82.5 Å². The molecule has 0 N–H and O–H groups in total. The maximum absolute atomic E-state index is 13.7. The number of hydrogen-bond donors (Lipinski definition) is 0. The molecule has 0 aliphatic heterocycles. The molecule has 0 bridgehead atoms. The quantitative estimate of drug-likeness (QED) is 0.443. The van der Waals surface area contributed by atoms with E-state index in [9.17, 15) is 9.18 Å². The summed E-state index contributed by atoms with van der Waals surface area (Å²) in [6.07, 6.45) is 1.14. The van der Waals surface area contributed by atoms with Crippen molar-refractivity contribution in [3.05, 3.63) is 82.0 Å². The molecule has 0 unspecified atom stereocenters. The summed E-state index contributed by atoms with van der Waals surface area (Å²) in [5, 5.41) is 8.25. The van der Waals surface area contributed by atoms with Crippen molar-refractivity contribution in [2.45, 2.75) is 30.9 Å². The maximum Gasteiger partial charge on any atom is 0.277 e. The van der Waals surface area contributed by atoms with Crippen molar-refractivity contribution < 1.29 is 13.5 Å². The number of ether oxygens (including phenoxy) is 1. The number of thioether (sulfide) groups is 1. The molecule has 0 aliphatic rings. The van der Waals surface area contributed by atoms with Crippen LogP contribution < -0.4 is 10.3 Å². The summed E-state index contributed by atoms with van der Waals surface area (Å²) in [5.74, 6) is 0.280. The van der Waals surface area contributed by atoms with E-state index in [0.29, 0.717) is 22.3 Å². The number of fused-ring (bicyclic) bond motifs is 1. The Kier molecular flexibility index (Phi) is 5.30. The van der Waals surface area contributed by atoms with E-state index in [2.05, 4.69) is 15.2 Å². The summed E-state index contributed by atoms with van der Waals surface area (Å²) in [4.78, 5) is 16.8. The van der Waals surface area contributed by atoms with Crippen molar-refractivity contribution in [2.75, 3.05) is 0 Å². The molecule has 0 amide bonds. The van der Waals surface area contributed by atoms with E-state index in [-0.39, 0.29) is 17.2 Å². The monoisotopic (exact) mass is 412 g/mol. The number of aryl methyl sites for hydroxylation is 1. The average Bonchev–Trinajstić information content (AvgIpc) is 3.18. The third-order valence-electron chi connectivity index (χ3n) is 4.11. The Morgan fingerprint density at radius 1 is 1.24 bits per heavy atom. The maximum atomic E-state index is 13.7. The van der Waals surface area contributed by atoms with E-state index >= 15 is 0 Å². The fourth-order valence-corrected chi connectivity index (χ4v) is 3.35. The van der Waals surface area contributed by atoms with Crippen molar-refractivity contribution in [2.24, 2.45) is 0 Å². The Labute approximate surface area is 169 Å². The van der Waals surface area contributed by atoms with Crippen LogP contribution in [0.25, 0.3) is 5.65 Å². The van der Waals surface area contributed by atoms with Gasteiger partial charge in [0, 0.05) is 18.0 Å². The summed E-state index contributed by atoms with van der Waals surface area (Å²) in [6.45, 7) is 3.61. The van der Waals surface area contributed by atoms with Crippen LogP contribution in [0.3, 0.4) is 0 Å². The number of halogens is 1. The van der Waals surface area contributed by atoms with Gasteiger partial charge in [0.05, 0.1) is 5.69 Å². The Hall–Kier alpha value is -3.20. The van der Waals surface area contributed by atoms with Crippen molar-refractivity contribution in [3.8, 4) is 5.75 Å². The Morgan fingerprint density at radius 3 is 2.90 bits per heavy atom. The second-order valence-electron chi connectivity index (χ2n) is 6.41. The van der Waals surface area contributed by atoms with E-state index in [0.717, 1.165) is 5.56 Å². The molecular formula is C20H17FN4O3S. The summed E-state index contributed by atoms with van der Waals surface area (Å²) < 4.78 is 26.4. The molecule has 0 aliphatic carbocycles. The molecule has 1 atom stereocenters. The summed E-state index contributed by atoms with van der Waals surface area (Å²) >= 11 is 1.26. The number of para-hydroxylation sites is 1. The lowest BCUT2D eigenvalue weighted by molar-refractivity contribution is 0.174. The van der Waals surface area contributed by atoms with Gasteiger partial charge in [-0.1, -0.05) is 30.0 Å². The van der Waals surface area contributed by atoms with Gasteiger partial charge in [-0.05, 0) is 37.6 Å². The lowest BCUT2D eigenvalue weighted by Gasteiger charge is -2.11. The van der Waals surface area contributed by atoms with E-state index in [1.165, 1.54) is 34.4 Å². The second kappa shape index (κ2) is 8.04. The van der Waals surface area contributed by atoms with Gasteiger partial charge in [0.15, 0.2) is 17.7 Å². The van der Waals surface area contributed by atoms with Crippen molar-refractivity contribution in [3.63, 3.8) is 0 Å². The summed E-state index contributed by atoms with van der Waals surface area (Å²) in [6, 6.07) is 11.3. The fourth-order valence-electron chi connectivity index (χ4n) is 2.69. The predicted molar refractivity (Wildman–Crippen MR) is 106 cm³/mol. The minimum absolute atomic E-state index is 0.114. The van der Waals surface area contributed by atoms with Crippen LogP contribution in [0, 0.1) is 12.7 Å². The summed E-state index contributed by atoms with van der Waals surface area (Å²) in [5.41, 5.74) is 2.03. The van der Waals surface area contributed by atoms with Crippen LogP contribution in [-0.2, 0) is 5.75 Å². The zero-order valence-electron chi connectivity index (χ0n) is 15.7. The number of hydrogen-bond acceptors (Lipinski definition) is 7. The zero-order chi connectivity index (χ0) is 20.4. The molecule has 9 heteroatoms. The Balaban J connectivity index is 1.44. The zero-order valence-corrected chi connectivity index (χ0v) is 16.5. The van der Waals surface area contributed by atoms with Crippen molar-refractivity contribution >= 4 is 17.4 Å². The van der Waals surface area contributed by atoms with E-state index in [1.54, 1.807) is 31.3 Å². The molecule has 0 radical (unpaired) electrons. The molecule has 7 nitrogen and oxygen atoms in total. The number of benzene rings is 1. The molecule has 148 valence electrons. The highest BCUT2D eigenvalue weighted by molar-refractivity contribution is 7.98. The van der Waals surface area contributed by atoms with Crippen molar-refractivity contribution in [1.82, 2.24) is 19.6 Å². The van der Waals surface area contributed by atoms with Gasteiger partial charge < -0.3 is 9.15 Å². The minimum atomic E-state index is -0.611. The molecule has 0 saturated heterocycles. The predicted octanol–water partition coefficient (Wildman–Crippen LogP) is 3.96. The van der Waals surface area contributed by atoms with E-state index in [4.69, 9.17) is 9.15 Å². The van der Waals surface area contributed by atoms with Gasteiger partial charge >= 0.3 is 0 Å². The van der Waals surface area contributed by atoms with E-state index in [1.807, 2.05) is 13.0 Å². The number of rotatable bonds is 6. The van der Waals surface area contributed by atoms with Gasteiger partial charge in [-0.2, -0.15) is 0 Å². The number of nitrogens with zero attached hydrogens (tertiary/aromatic N) is 4. The first-order valence-electron chi connectivity index (χ1n) is 8.86. The standard InChI is InChI=1S/C20H17FN4O3S/c1-12-7-8-17-22-14(9-18(26)25(17)10-12)11-29-20-24-23-19(28-20)13(2)27-16-6-4-3-5-15(16)21/h3-10,13H,11H2,1-2H3/t13-/m1/s1. The number of aromatic nitrogens is 4. The molecule has 1 aromatic carbocycles. The largest absolute Gasteiger partial charge is 0.478 e. The Morgan fingerprint density at radius 2 is 2.07 bits per heavy atom. The SMILES string of the molecule is Cc1ccc2nc(CSc3nnc([C@@H](C)Oc4ccccc4F)o3)cc(=O)n2c1.